The maximum absolute atomic E-state index is 13.5. The largest absolute Gasteiger partial charge is 0.325 e. The Morgan fingerprint density at radius 2 is 1.94 bits per heavy atom. The molecule has 1 rings (SSSR count). The van der Waals surface area contributed by atoms with Crippen molar-refractivity contribution in [2.75, 3.05) is 0 Å². The van der Waals surface area contributed by atoms with Crippen molar-refractivity contribution in [3.05, 3.63) is 35.6 Å². The van der Waals surface area contributed by atoms with Crippen LogP contribution in [-0.2, 0) is 6.42 Å². The van der Waals surface area contributed by atoms with Gasteiger partial charge < -0.3 is 5.73 Å². The molecule has 0 saturated carbocycles. The molecule has 1 aromatic rings. The lowest BCUT2D eigenvalue weighted by Crippen LogP contribution is -2.39. The fourth-order valence-corrected chi connectivity index (χ4v) is 1.78. The molecule has 0 aliphatic carbocycles. The molecule has 0 amide bonds. The topological polar surface area (TPSA) is 26.0 Å². The third-order valence-corrected chi connectivity index (χ3v) is 2.84. The van der Waals surface area contributed by atoms with Gasteiger partial charge in [0.25, 0.3) is 0 Å². The van der Waals surface area contributed by atoms with E-state index < -0.39 is 0 Å². The van der Waals surface area contributed by atoms with E-state index in [2.05, 4.69) is 13.8 Å². The Morgan fingerprint density at radius 3 is 2.50 bits per heavy atom. The lowest BCUT2D eigenvalue weighted by molar-refractivity contribution is 0.378. The quantitative estimate of drug-likeness (QED) is 0.812. The first-order valence-corrected chi connectivity index (χ1v) is 5.93. The van der Waals surface area contributed by atoms with E-state index >= 15 is 0 Å². The molecule has 0 saturated heterocycles. The van der Waals surface area contributed by atoms with Gasteiger partial charge in [0.15, 0.2) is 0 Å². The Bertz CT molecular complexity index is 331. The molecule has 1 nitrogen and oxygen atoms in total. The fourth-order valence-electron chi connectivity index (χ4n) is 1.78. The van der Waals surface area contributed by atoms with E-state index in [1.165, 1.54) is 6.07 Å². The van der Waals surface area contributed by atoms with Gasteiger partial charge in [-0.1, -0.05) is 32.0 Å². The molecule has 2 N–H and O–H groups in total. The summed E-state index contributed by atoms with van der Waals surface area (Å²) in [5.74, 6) is 0.493. The Kier molecular flexibility index (Phi) is 4.48. The summed E-state index contributed by atoms with van der Waals surface area (Å²) in [4.78, 5) is 0. The first kappa shape index (κ1) is 13.2. The zero-order valence-electron chi connectivity index (χ0n) is 10.5. The summed E-state index contributed by atoms with van der Waals surface area (Å²) < 4.78 is 13.5. The number of benzene rings is 1. The molecule has 0 aliphatic rings. The van der Waals surface area contributed by atoms with Gasteiger partial charge in [0.1, 0.15) is 5.82 Å². The summed E-state index contributed by atoms with van der Waals surface area (Å²) in [5, 5.41) is 0. The Balaban J connectivity index is 2.62. The van der Waals surface area contributed by atoms with Gasteiger partial charge in [0.05, 0.1) is 0 Å². The van der Waals surface area contributed by atoms with E-state index in [4.69, 9.17) is 5.73 Å². The SMILES string of the molecule is CC(C)CCC(C)(N)Cc1ccccc1F. The van der Waals surface area contributed by atoms with E-state index in [-0.39, 0.29) is 11.4 Å². The van der Waals surface area contributed by atoms with Gasteiger partial charge in [-0.05, 0) is 43.7 Å². The van der Waals surface area contributed by atoms with Crippen LogP contribution in [0.1, 0.15) is 39.2 Å². The van der Waals surface area contributed by atoms with E-state index in [0.29, 0.717) is 12.3 Å². The van der Waals surface area contributed by atoms with E-state index in [0.717, 1.165) is 18.4 Å². The van der Waals surface area contributed by atoms with Crippen LogP contribution in [0.3, 0.4) is 0 Å². The molecule has 0 spiro atoms. The van der Waals surface area contributed by atoms with Crippen LogP contribution in [0.15, 0.2) is 24.3 Å². The van der Waals surface area contributed by atoms with Crippen LogP contribution in [0.5, 0.6) is 0 Å². The number of halogens is 1. The van der Waals surface area contributed by atoms with Gasteiger partial charge in [0, 0.05) is 5.54 Å². The second kappa shape index (κ2) is 5.44. The predicted octanol–water partition coefficient (Wildman–Crippen LogP) is 3.52. The molecule has 0 bridgehead atoms. The first-order valence-electron chi connectivity index (χ1n) is 5.93. The Labute approximate surface area is 97.9 Å². The van der Waals surface area contributed by atoms with Crippen LogP contribution >= 0.6 is 0 Å². The average molecular weight is 223 g/mol. The minimum Gasteiger partial charge on any atom is -0.325 e. The summed E-state index contributed by atoms with van der Waals surface area (Å²) >= 11 is 0. The maximum atomic E-state index is 13.5. The molecule has 0 aromatic heterocycles. The molecule has 0 aliphatic heterocycles. The number of hydrogen-bond donors (Lipinski definition) is 1. The second-order valence-electron chi connectivity index (χ2n) is 5.35. The summed E-state index contributed by atoms with van der Waals surface area (Å²) in [6.45, 7) is 6.36. The van der Waals surface area contributed by atoms with Gasteiger partial charge in [-0.2, -0.15) is 0 Å². The predicted molar refractivity (Wildman–Crippen MR) is 66.8 cm³/mol. The molecule has 1 unspecified atom stereocenters. The van der Waals surface area contributed by atoms with Crippen LogP contribution in [0.25, 0.3) is 0 Å². The molecule has 2 heteroatoms. The zero-order valence-corrected chi connectivity index (χ0v) is 10.5. The highest BCUT2D eigenvalue weighted by molar-refractivity contribution is 5.19. The molecule has 16 heavy (non-hydrogen) atoms. The van der Waals surface area contributed by atoms with Gasteiger partial charge in [-0.25, -0.2) is 4.39 Å². The van der Waals surface area contributed by atoms with E-state index in [1.54, 1.807) is 6.07 Å². The van der Waals surface area contributed by atoms with Crippen molar-refractivity contribution >= 4 is 0 Å². The van der Waals surface area contributed by atoms with Gasteiger partial charge in [-0.15, -0.1) is 0 Å². The lowest BCUT2D eigenvalue weighted by Gasteiger charge is -2.25. The maximum Gasteiger partial charge on any atom is 0.126 e. The fraction of sp³-hybridized carbons (Fsp3) is 0.571. The van der Waals surface area contributed by atoms with Crippen molar-refractivity contribution in [3.8, 4) is 0 Å². The third-order valence-electron chi connectivity index (χ3n) is 2.84. The minimum absolute atomic E-state index is 0.149. The van der Waals surface area contributed by atoms with E-state index in [1.807, 2.05) is 19.1 Å². The van der Waals surface area contributed by atoms with Crippen LogP contribution < -0.4 is 5.73 Å². The molecule has 1 atom stereocenters. The molecule has 90 valence electrons. The average Bonchev–Trinajstić information content (AvgIpc) is 2.19. The molecular weight excluding hydrogens is 201 g/mol. The summed E-state index contributed by atoms with van der Waals surface area (Å²) in [6, 6.07) is 6.88. The highest BCUT2D eigenvalue weighted by Gasteiger charge is 2.20. The van der Waals surface area contributed by atoms with Crippen LogP contribution in [-0.4, -0.2) is 5.54 Å². The number of nitrogens with two attached hydrogens (primary N) is 1. The smallest absolute Gasteiger partial charge is 0.126 e. The van der Waals surface area contributed by atoms with Crippen molar-refractivity contribution in [2.24, 2.45) is 11.7 Å². The Hall–Kier alpha value is -0.890. The van der Waals surface area contributed by atoms with Gasteiger partial charge in [-0.3, -0.25) is 0 Å². The lowest BCUT2D eigenvalue weighted by atomic mass is 9.87. The van der Waals surface area contributed by atoms with Crippen molar-refractivity contribution < 1.29 is 4.39 Å². The van der Waals surface area contributed by atoms with Crippen LogP contribution in [0, 0.1) is 11.7 Å². The summed E-state index contributed by atoms with van der Waals surface area (Å²) in [6.07, 6.45) is 2.62. The van der Waals surface area contributed by atoms with Crippen molar-refractivity contribution in [2.45, 2.75) is 45.6 Å². The highest BCUT2D eigenvalue weighted by atomic mass is 19.1. The molecule has 0 heterocycles. The monoisotopic (exact) mass is 223 g/mol. The third kappa shape index (κ3) is 4.31. The number of hydrogen-bond acceptors (Lipinski definition) is 1. The summed E-state index contributed by atoms with van der Waals surface area (Å²) in [5.41, 5.74) is 6.61. The zero-order chi connectivity index (χ0) is 12.2. The van der Waals surface area contributed by atoms with E-state index in [9.17, 15) is 4.39 Å². The van der Waals surface area contributed by atoms with Crippen molar-refractivity contribution in [3.63, 3.8) is 0 Å². The van der Waals surface area contributed by atoms with Crippen LogP contribution in [0.4, 0.5) is 4.39 Å². The summed E-state index contributed by atoms with van der Waals surface area (Å²) in [7, 11) is 0. The molecular formula is C14H22FN. The Morgan fingerprint density at radius 1 is 1.31 bits per heavy atom. The van der Waals surface area contributed by atoms with Crippen LogP contribution in [0.2, 0.25) is 0 Å². The van der Waals surface area contributed by atoms with Gasteiger partial charge >= 0.3 is 0 Å². The molecule has 1 aromatic carbocycles. The van der Waals surface area contributed by atoms with Crippen molar-refractivity contribution in [1.82, 2.24) is 0 Å². The van der Waals surface area contributed by atoms with Gasteiger partial charge in [0.2, 0.25) is 0 Å². The first-order chi connectivity index (χ1) is 7.41. The molecule has 0 radical (unpaired) electrons. The second-order valence-corrected chi connectivity index (χ2v) is 5.35. The van der Waals surface area contributed by atoms with Crippen molar-refractivity contribution in [1.29, 1.82) is 0 Å². The normalized spacial score (nSPS) is 15.1. The standard InChI is InChI=1S/C14H22FN/c1-11(2)8-9-14(3,16)10-12-6-4-5-7-13(12)15/h4-7,11H,8-10,16H2,1-3H3. The molecule has 0 fully saturated rings. The number of rotatable bonds is 5. The highest BCUT2D eigenvalue weighted by Crippen LogP contribution is 2.20. The minimum atomic E-state index is -0.313.